The largest absolute Gasteiger partial charge is 0.488 e. The fraction of sp³-hybridized carbons (Fsp3) is 0.444. The van der Waals surface area contributed by atoms with Crippen LogP contribution in [0, 0.1) is 0 Å². The molecule has 114 valence electrons. The first-order valence-electron chi connectivity index (χ1n) is 7.51. The average molecular weight is 303 g/mol. The Balaban J connectivity index is 2.02. The van der Waals surface area contributed by atoms with Gasteiger partial charge in [-0.3, -0.25) is 0 Å². The third-order valence-corrected chi connectivity index (χ3v) is 4.39. The van der Waals surface area contributed by atoms with E-state index in [2.05, 4.69) is 63.3 Å². The smallest absolute Gasteiger partial charge is 0.123 e. The SMILES string of the molecule is CCNCc1ccc(COc2ccccc2C(C)(C)C)s1. The topological polar surface area (TPSA) is 21.3 Å². The summed E-state index contributed by atoms with van der Waals surface area (Å²) in [5.41, 5.74) is 1.36. The second-order valence-electron chi connectivity index (χ2n) is 6.18. The molecule has 0 aliphatic carbocycles. The molecule has 21 heavy (non-hydrogen) atoms. The highest BCUT2D eigenvalue weighted by molar-refractivity contribution is 7.11. The van der Waals surface area contributed by atoms with E-state index in [-0.39, 0.29) is 5.41 Å². The molecule has 2 nitrogen and oxygen atoms in total. The first kappa shape index (κ1) is 16.1. The minimum absolute atomic E-state index is 0.0995. The molecule has 1 aromatic heterocycles. The van der Waals surface area contributed by atoms with Crippen LogP contribution in [-0.2, 0) is 18.6 Å². The van der Waals surface area contributed by atoms with Crippen LogP contribution in [0.3, 0.4) is 0 Å². The molecule has 0 spiro atoms. The Labute approximate surface area is 132 Å². The molecule has 1 heterocycles. The summed E-state index contributed by atoms with van der Waals surface area (Å²) >= 11 is 1.82. The highest BCUT2D eigenvalue weighted by atomic mass is 32.1. The number of hydrogen-bond acceptors (Lipinski definition) is 3. The molecule has 0 atom stereocenters. The molecule has 0 saturated heterocycles. The van der Waals surface area contributed by atoms with E-state index in [1.807, 2.05) is 17.4 Å². The lowest BCUT2D eigenvalue weighted by molar-refractivity contribution is 0.301. The minimum atomic E-state index is 0.0995. The number of para-hydroxylation sites is 1. The molecule has 0 aliphatic rings. The van der Waals surface area contributed by atoms with Crippen LogP contribution in [0.15, 0.2) is 36.4 Å². The average Bonchev–Trinajstić information content (AvgIpc) is 2.90. The molecule has 1 aromatic carbocycles. The summed E-state index contributed by atoms with van der Waals surface area (Å²) in [5, 5.41) is 3.35. The van der Waals surface area contributed by atoms with E-state index in [1.54, 1.807) is 0 Å². The number of ether oxygens (including phenoxy) is 1. The van der Waals surface area contributed by atoms with Crippen LogP contribution in [0.4, 0.5) is 0 Å². The maximum absolute atomic E-state index is 6.06. The van der Waals surface area contributed by atoms with E-state index >= 15 is 0 Å². The Morgan fingerprint density at radius 2 is 1.76 bits per heavy atom. The summed E-state index contributed by atoms with van der Waals surface area (Å²) in [7, 11) is 0. The fourth-order valence-electron chi connectivity index (χ4n) is 2.20. The summed E-state index contributed by atoms with van der Waals surface area (Å²) in [6.07, 6.45) is 0. The van der Waals surface area contributed by atoms with Gasteiger partial charge in [0.15, 0.2) is 0 Å². The summed E-state index contributed by atoms with van der Waals surface area (Å²) in [5.74, 6) is 0.992. The van der Waals surface area contributed by atoms with Gasteiger partial charge < -0.3 is 10.1 Å². The highest BCUT2D eigenvalue weighted by Gasteiger charge is 2.18. The molecular weight excluding hydrogens is 278 g/mol. The summed E-state index contributed by atoms with van der Waals surface area (Å²) < 4.78 is 6.06. The van der Waals surface area contributed by atoms with E-state index in [1.165, 1.54) is 15.3 Å². The lowest BCUT2D eigenvalue weighted by Crippen LogP contribution is -2.13. The third-order valence-electron chi connectivity index (χ3n) is 3.33. The van der Waals surface area contributed by atoms with Crippen LogP contribution >= 0.6 is 11.3 Å². The van der Waals surface area contributed by atoms with Crippen molar-refractivity contribution in [1.82, 2.24) is 5.32 Å². The molecule has 0 radical (unpaired) electrons. The van der Waals surface area contributed by atoms with Gasteiger partial charge in [0.1, 0.15) is 12.4 Å². The predicted molar refractivity (Wildman–Crippen MR) is 91.2 cm³/mol. The van der Waals surface area contributed by atoms with Gasteiger partial charge >= 0.3 is 0 Å². The zero-order valence-electron chi connectivity index (χ0n) is 13.4. The van der Waals surface area contributed by atoms with Gasteiger partial charge in [0, 0.05) is 16.3 Å². The molecule has 0 aliphatic heterocycles. The minimum Gasteiger partial charge on any atom is -0.488 e. The van der Waals surface area contributed by atoms with Gasteiger partial charge in [-0.1, -0.05) is 45.9 Å². The van der Waals surface area contributed by atoms with Crippen LogP contribution < -0.4 is 10.1 Å². The maximum atomic E-state index is 6.06. The normalized spacial score (nSPS) is 11.6. The van der Waals surface area contributed by atoms with Crippen molar-refractivity contribution < 1.29 is 4.74 Å². The Kier molecular flexibility index (Phi) is 5.43. The van der Waals surface area contributed by atoms with Crippen molar-refractivity contribution in [3.8, 4) is 5.75 Å². The maximum Gasteiger partial charge on any atom is 0.123 e. The molecule has 3 heteroatoms. The van der Waals surface area contributed by atoms with Gasteiger partial charge in [0.25, 0.3) is 0 Å². The Hall–Kier alpha value is -1.32. The summed E-state index contributed by atoms with van der Waals surface area (Å²) in [4.78, 5) is 2.63. The van der Waals surface area contributed by atoms with Crippen LogP contribution in [-0.4, -0.2) is 6.54 Å². The van der Waals surface area contributed by atoms with Crippen molar-refractivity contribution in [3.63, 3.8) is 0 Å². The lowest BCUT2D eigenvalue weighted by atomic mass is 9.86. The van der Waals surface area contributed by atoms with Crippen molar-refractivity contribution in [2.24, 2.45) is 0 Å². The van der Waals surface area contributed by atoms with Gasteiger partial charge in [-0.05, 0) is 35.7 Å². The Morgan fingerprint density at radius 3 is 2.48 bits per heavy atom. The van der Waals surface area contributed by atoms with E-state index in [9.17, 15) is 0 Å². The Bertz CT molecular complexity index is 569. The van der Waals surface area contributed by atoms with Crippen LogP contribution in [0.2, 0.25) is 0 Å². The van der Waals surface area contributed by atoms with E-state index < -0.39 is 0 Å². The molecule has 2 aromatic rings. The van der Waals surface area contributed by atoms with Crippen molar-refractivity contribution in [1.29, 1.82) is 0 Å². The van der Waals surface area contributed by atoms with E-state index in [0.29, 0.717) is 6.61 Å². The number of thiophene rings is 1. The number of benzene rings is 1. The monoisotopic (exact) mass is 303 g/mol. The molecule has 0 saturated carbocycles. The molecule has 0 fully saturated rings. The number of nitrogens with one attached hydrogen (secondary N) is 1. The van der Waals surface area contributed by atoms with Crippen molar-refractivity contribution >= 4 is 11.3 Å². The molecule has 0 bridgehead atoms. The first-order chi connectivity index (χ1) is 10.0. The van der Waals surface area contributed by atoms with Crippen molar-refractivity contribution in [2.75, 3.05) is 6.54 Å². The third kappa shape index (κ3) is 4.58. The molecule has 2 rings (SSSR count). The van der Waals surface area contributed by atoms with Crippen molar-refractivity contribution in [2.45, 2.75) is 46.3 Å². The number of rotatable bonds is 6. The predicted octanol–water partition coefficient (Wildman–Crippen LogP) is 4.73. The van der Waals surface area contributed by atoms with Crippen LogP contribution in [0.25, 0.3) is 0 Å². The molecule has 0 amide bonds. The lowest BCUT2D eigenvalue weighted by Gasteiger charge is -2.22. The van der Waals surface area contributed by atoms with Gasteiger partial charge in [0.2, 0.25) is 0 Å². The zero-order valence-corrected chi connectivity index (χ0v) is 14.2. The van der Waals surface area contributed by atoms with Gasteiger partial charge in [-0.2, -0.15) is 0 Å². The first-order valence-corrected chi connectivity index (χ1v) is 8.33. The molecule has 1 N–H and O–H groups in total. The molecule has 0 unspecified atom stereocenters. The van der Waals surface area contributed by atoms with Gasteiger partial charge in [-0.15, -0.1) is 11.3 Å². The van der Waals surface area contributed by atoms with Gasteiger partial charge in [0.05, 0.1) is 0 Å². The summed E-state index contributed by atoms with van der Waals surface area (Å²) in [6.45, 7) is 11.4. The van der Waals surface area contributed by atoms with Crippen LogP contribution in [0.5, 0.6) is 5.75 Å². The van der Waals surface area contributed by atoms with E-state index in [0.717, 1.165) is 18.8 Å². The summed E-state index contributed by atoms with van der Waals surface area (Å²) in [6, 6.07) is 12.7. The van der Waals surface area contributed by atoms with Crippen molar-refractivity contribution in [3.05, 3.63) is 51.7 Å². The fourth-order valence-corrected chi connectivity index (χ4v) is 3.11. The standard InChI is InChI=1S/C18H25NOS/c1-5-19-12-14-10-11-15(21-14)13-20-17-9-7-6-8-16(17)18(2,3)4/h6-11,19H,5,12-13H2,1-4H3. The van der Waals surface area contributed by atoms with Gasteiger partial charge in [-0.25, -0.2) is 0 Å². The quantitative estimate of drug-likeness (QED) is 0.832. The Morgan fingerprint density at radius 1 is 1.05 bits per heavy atom. The highest BCUT2D eigenvalue weighted by Crippen LogP contribution is 2.31. The second-order valence-corrected chi connectivity index (χ2v) is 7.44. The van der Waals surface area contributed by atoms with Crippen LogP contribution in [0.1, 0.15) is 43.0 Å². The second kappa shape index (κ2) is 7.10. The van der Waals surface area contributed by atoms with E-state index in [4.69, 9.17) is 4.74 Å². The zero-order chi connectivity index (χ0) is 15.3. The number of hydrogen-bond donors (Lipinski definition) is 1. The molecular formula is C18H25NOS.